The molecule has 1 aromatic heterocycles. The van der Waals surface area contributed by atoms with Crippen LogP contribution in [0.1, 0.15) is 37.7 Å². The van der Waals surface area contributed by atoms with Crippen LogP contribution in [-0.2, 0) is 4.79 Å². The van der Waals surface area contributed by atoms with E-state index in [4.69, 9.17) is 11.6 Å². The van der Waals surface area contributed by atoms with Crippen LogP contribution in [0.2, 0.25) is 5.02 Å². The maximum Gasteiger partial charge on any atom is 0.438 e. The Hall–Kier alpha value is -1.61. The number of carbonyl (C=O) groups excluding carboxylic acids is 1. The fourth-order valence-electron chi connectivity index (χ4n) is 2.47. The van der Waals surface area contributed by atoms with Gasteiger partial charge in [-0.15, -0.1) is 0 Å². The van der Waals surface area contributed by atoms with E-state index in [1.807, 2.05) is 0 Å². The smallest absolute Gasteiger partial charge is 0.362 e. The number of alkyl halides is 3. The van der Waals surface area contributed by atoms with Gasteiger partial charge in [0.05, 0.1) is 16.4 Å². The molecular weight excluding hydrogens is 337 g/mol. The topological polar surface area (TPSA) is 70.7 Å². The summed E-state index contributed by atoms with van der Waals surface area (Å²) >= 11 is 5.99. The van der Waals surface area contributed by atoms with Crippen molar-refractivity contribution >= 4 is 23.2 Å². The average molecular weight is 353 g/mol. The van der Waals surface area contributed by atoms with Gasteiger partial charge < -0.3 is 5.11 Å². The van der Waals surface area contributed by atoms with E-state index in [9.17, 15) is 23.1 Å². The summed E-state index contributed by atoms with van der Waals surface area (Å²) in [6.45, 7) is 5.90. The zero-order valence-electron chi connectivity index (χ0n) is 12.9. The van der Waals surface area contributed by atoms with Crippen LogP contribution >= 0.6 is 11.6 Å². The minimum atomic E-state index is -5.03. The summed E-state index contributed by atoms with van der Waals surface area (Å²) in [6.07, 6.45) is -5.82. The first kappa shape index (κ1) is 17.7. The molecule has 23 heavy (non-hydrogen) atoms. The predicted octanol–water partition coefficient (Wildman–Crippen LogP) is 2.57. The average Bonchev–Trinajstić information content (AvgIpc) is 2.88. The predicted molar refractivity (Wildman–Crippen MR) is 77.0 cm³/mol. The molecule has 0 saturated heterocycles. The van der Waals surface area contributed by atoms with Gasteiger partial charge in [0.2, 0.25) is 0 Å². The minimum Gasteiger partial charge on any atom is -0.362 e. The maximum absolute atomic E-state index is 13.2. The van der Waals surface area contributed by atoms with Gasteiger partial charge in [0.25, 0.3) is 11.6 Å². The first-order valence-corrected chi connectivity index (χ1v) is 7.16. The number of aliphatic hydroxyl groups is 1. The Bertz CT molecular complexity index is 685. The monoisotopic (exact) mass is 352 g/mol. The van der Waals surface area contributed by atoms with Crippen molar-refractivity contribution in [3.05, 3.63) is 16.4 Å². The molecule has 1 N–H and O–H groups in total. The van der Waals surface area contributed by atoms with Gasteiger partial charge in [-0.2, -0.15) is 28.4 Å². The van der Waals surface area contributed by atoms with Crippen molar-refractivity contribution in [2.45, 2.75) is 52.1 Å². The summed E-state index contributed by atoms with van der Waals surface area (Å²) < 4.78 is 40.8. The molecule has 2 heterocycles. The van der Waals surface area contributed by atoms with Crippen LogP contribution in [0.3, 0.4) is 0 Å². The molecule has 1 aliphatic rings. The number of hydrazone groups is 1. The van der Waals surface area contributed by atoms with E-state index >= 15 is 0 Å². The maximum atomic E-state index is 13.2. The molecule has 10 heteroatoms. The first-order chi connectivity index (χ1) is 10.4. The van der Waals surface area contributed by atoms with Crippen LogP contribution in [0.25, 0.3) is 0 Å². The SMILES string of the molecule is CC1=NN(C(=O)C(C)n2nc(C)c(Cl)c2C)C(O)(C(F)(F)F)C1. The summed E-state index contributed by atoms with van der Waals surface area (Å²) in [5.74, 6) is -1.02. The fraction of sp³-hybridized carbons (Fsp3) is 0.615. The molecule has 6 nitrogen and oxygen atoms in total. The number of halogens is 4. The summed E-state index contributed by atoms with van der Waals surface area (Å²) in [5.41, 5.74) is -2.43. The lowest BCUT2D eigenvalue weighted by Crippen LogP contribution is -2.57. The third kappa shape index (κ3) is 2.72. The summed E-state index contributed by atoms with van der Waals surface area (Å²) in [5, 5.41) is 18.0. The Morgan fingerprint density at radius 3 is 2.39 bits per heavy atom. The number of nitrogens with zero attached hydrogens (tertiary/aromatic N) is 4. The normalized spacial score (nSPS) is 23.2. The molecule has 0 aromatic carbocycles. The van der Waals surface area contributed by atoms with Gasteiger partial charge in [-0.3, -0.25) is 9.48 Å². The van der Waals surface area contributed by atoms with Gasteiger partial charge in [-0.05, 0) is 27.7 Å². The highest BCUT2D eigenvalue weighted by Crippen LogP contribution is 2.41. The Kier molecular flexibility index (Phi) is 4.23. The van der Waals surface area contributed by atoms with Crippen molar-refractivity contribution in [1.82, 2.24) is 14.8 Å². The number of hydrogen-bond acceptors (Lipinski definition) is 4. The van der Waals surface area contributed by atoms with Crippen molar-refractivity contribution in [2.75, 3.05) is 0 Å². The number of hydrogen-bond donors (Lipinski definition) is 1. The fourth-order valence-corrected chi connectivity index (χ4v) is 2.60. The molecule has 0 aliphatic carbocycles. The van der Waals surface area contributed by atoms with Gasteiger partial charge in [-0.1, -0.05) is 11.6 Å². The third-order valence-corrected chi connectivity index (χ3v) is 4.29. The van der Waals surface area contributed by atoms with E-state index in [1.54, 1.807) is 13.8 Å². The van der Waals surface area contributed by atoms with Crippen molar-refractivity contribution in [3.8, 4) is 0 Å². The quantitative estimate of drug-likeness (QED) is 0.889. The first-order valence-electron chi connectivity index (χ1n) is 6.78. The molecule has 0 saturated carbocycles. The lowest BCUT2D eigenvalue weighted by molar-refractivity contribution is -0.303. The Labute approximate surface area is 135 Å². The van der Waals surface area contributed by atoms with Crippen LogP contribution < -0.4 is 0 Å². The van der Waals surface area contributed by atoms with Gasteiger partial charge >= 0.3 is 6.18 Å². The number of aryl methyl sites for hydroxylation is 1. The van der Waals surface area contributed by atoms with Crippen molar-refractivity contribution < 1.29 is 23.1 Å². The molecule has 1 amide bonds. The van der Waals surface area contributed by atoms with E-state index < -0.39 is 30.3 Å². The van der Waals surface area contributed by atoms with Gasteiger partial charge in [0.1, 0.15) is 6.04 Å². The zero-order chi connectivity index (χ0) is 17.7. The van der Waals surface area contributed by atoms with E-state index in [0.717, 1.165) is 0 Å². The third-order valence-electron chi connectivity index (χ3n) is 3.75. The summed E-state index contributed by atoms with van der Waals surface area (Å²) in [6, 6.07) is -1.11. The van der Waals surface area contributed by atoms with Crippen molar-refractivity contribution in [3.63, 3.8) is 0 Å². The molecule has 128 valence electrons. The largest absolute Gasteiger partial charge is 0.438 e. The Morgan fingerprint density at radius 1 is 1.39 bits per heavy atom. The molecule has 0 radical (unpaired) electrons. The van der Waals surface area contributed by atoms with Crippen LogP contribution in [0.15, 0.2) is 5.10 Å². The second-order valence-corrected chi connectivity index (χ2v) is 5.96. The molecule has 2 rings (SSSR count). The molecule has 0 fully saturated rings. The summed E-state index contributed by atoms with van der Waals surface area (Å²) in [4.78, 5) is 12.5. The molecule has 0 spiro atoms. The number of aromatic nitrogens is 2. The molecule has 2 unspecified atom stereocenters. The van der Waals surface area contributed by atoms with Crippen molar-refractivity contribution in [1.29, 1.82) is 0 Å². The van der Waals surface area contributed by atoms with Gasteiger partial charge in [-0.25, -0.2) is 0 Å². The number of rotatable bonds is 2. The lowest BCUT2D eigenvalue weighted by atomic mass is 10.1. The van der Waals surface area contributed by atoms with Crippen LogP contribution in [-0.4, -0.2) is 43.4 Å². The number of amides is 1. The standard InChI is InChI=1S/C13H16ClF3N4O2/c1-6-5-12(23,13(15,16)17)21(18-6)11(22)9(4)20-8(3)10(14)7(2)19-20/h9,23H,5H2,1-4H3. The Morgan fingerprint density at radius 2 is 1.96 bits per heavy atom. The van der Waals surface area contributed by atoms with Gasteiger partial charge in [0, 0.05) is 12.1 Å². The highest BCUT2D eigenvalue weighted by atomic mass is 35.5. The van der Waals surface area contributed by atoms with Crippen LogP contribution in [0.5, 0.6) is 0 Å². The Balaban J connectivity index is 2.40. The molecule has 1 aliphatic heterocycles. The van der Waals surface area contributed by atoms with E-state index in [0.29, 0.717) is 16.4 Å². The minimum absolute atomic E-state index is 0.0109. The van der Waals surface area contributed by atoms with Crippen LogP contribution in [0, 0.1) is 13.8 Å². The number of carbonyl (C=O) groups is 1. The summed E-state index contributed by atoms with van der Waals surface area (Å²) in [7, 11) is 0. The molecular formula is C13H16ClF3N4O2. The molecule has 2 atom stereocenters. The lowest BCUT2D eigenvalue weighted by Gasteiger charge is -2.34. The second-order valence-electron chi connectivity index (χ2n) is 5.58. The van der Waals surface area contributed by atoms with Crippen LogP contribution in [0.4, 0.5) is 13.2 Å². The molecule has 0 bridgehead atoms. The zero-order valence-corrected chi connectivity index (χ0v) is 13.7. The highest BCUT2D eigenvalue weighted by Gasteiger charge is 2.63. The van der Waals surface area contributed by atoms with E-state index in [2.05, 4.69) is 10.2 Å². The highest BCUT2D eigenvalue weighted by molar-refractivity contribution is 6.31. The van der Waals surface area contributed by atoms with E-state index in [1.165, 1.54) is 18.5 Å². The van der Waals surface area contributed by atoms with Gasteiger partial charge in [0.15, 0.2) is 0 Å². The molecule has 1 aromatic rings. The van der Waals surface area contributed by atoms with Crippen molar-refractivity contribution in [2.24, 2.45) is 5.10 Å². The van der Waals surface area contributed by atoms with E-state index in [-0.39, 0.29) is 10.7 Å². The second kappa shape index (κ2) is 5.48.